The Balaban J connectivity index is 2.81. The molecule has 0 aromatic carbocycles. The molecule has 0 aliphatic heterocycles. The topological polar surface area (TPSA) is 64.3 Å². The zero-order valence-electron chi connectivity index (χ0n) is 7.73. The largest absolute Gasteiger partial charge is 0.462 e. The van der Waals surface area contributed by atoms with E-state index < -0.39 is 5.97 Å². The second kappa shape index (κ2) is 4.97. The molecule has 1 rings (SSSR count). The van der Waals surface area contributed by atoms with Gasteiger partial charge in [-0.1, -0.05) is 11.6 Å². The van der Waals surface area contributed by atoms with E-state index in [1.54, 1.807) is 6.92 Å². The van der Waals surface area contributed by atoms with E-state index in [9.17, 15) is 4.79 Å². The number of hydrogen-bond acceptors (Lipinski definition) is 4. The van der Waals surface area contributed by atoms with Crippen LogP contribution in [0.3, 0.4) is 0 Å². The highest BCUT2D eigenvalue weighted by Crippen LogP contribution is 2.14. The molecule has 5 nitrogen and oxygen atoms in total. The van der Waals surface area contributed by atoms with Crippen LogP contribution in [-0.4, -0.2) is 34.1 Å². The van der Waals surface area contributed by atoms with Crippen molar-refractivity contribution in [3.05, 3.63) is 16.9 Å². The summed E-state index contributed by atoms with van der Waals surface area (Å²) in [5.74, 6) is -0.498. The third-order valence-electron chi connectivity index (χ3n) is 1.54. The van der Waals surface area contributed by atoms with E-state index in [0.717, 1.165) is 0 Å². The molecule has 0 bridgehead atoms. The maximum absolute atomic E-state index is 11.3. The fraction of sp³-hybridized carbons (Fsp3) is 0.500. The maximum Gasteiger partial charge on any atom is 0.342 e. The van der Waals surface area contributed by atoms with E-state index in [2.05, 4.69) is 5.10 Å². The van der Waals surface area contributed by atoms with E-state index >= 15 is 0 Å². The van der Waals surface area contributed by atoms with Crippen LogP contribution >= 0.6 is 11.6 Å². The van der Waals surface area contributed by atoms with Crippen LogP contribution in [0.25, 0.3) is 0 Å². The average molecular weight is 219 g/mol. The molecule has 0 atom stereocenters. The van der Waals surface area contributed by atoms with Gasteiger partial charge in [0.2, 0.25) is 0 Å². The molecule has 78 valence electrons. The number of rotatable bonds is 4. The second-order valence-electron chi connectivity index (χ2n) is 2.54. The fourth-order valence-corrected chi connectivity index (χ4v) is 1.18. The molecular formula is C8H11ClN2O3. The van der Waals surface area contributed by atoms with E-state index in [0.29, 0.717) is 13.2 Å². The first-order valence-corrected chi connectivity index (χ1v) is 4.57. The standard InChI is InChI=1S/C8H11ClN2O3/c1-2-14-8(13)6-5-11(3-4-12)10-7(6)9/h5,12H,2-4H2,1H3. The van der Waals surface area contributed by atoms with Gasteiger partial charge in [-0.05, 0) is 6.92 Å². The SMILES string of the molecule is CCOC(=O)c1cn(CCO)nc1Cl. The summed E-state index contributed by atoms with van der Waals surface area (Å²) in [6.45, 7) is 2.25. The molecule has 0 unspecified atom stereocenters. The third-order valence-corrected chi connectivity index (χ3v) is 1.82. The van der Waals surface area contributed by atoms with Gasteiger partial charge in [-0.25, -0.2) is 4.79 Å². The lowest BCUT2D eigenvalue weighted by atomic mass is 10.4. The quantitative estimate of drug-likeness (QED) is 0.756. The van der Waals surface area contributed by atoms with Crippen molar-refractivity contribution >= 4 is 17.6 Å². The van der Waals surface area contributed by atoms with E-state index in [1.165, 1.54) is 10.9 Å². The zero-order chi connectivity index (χ0) is 10.6. The van der Waals surface area contributed by atoms with Crippen LogP contribution in [0, 0.1) is 0 Å². The Bertz CT molecular complexity index is 324. The first-order valence-electron chi connectivity index (χ1n) is 4.20. The van der Waals surface area contributed by atoms with E-state index in [1.807, 2.05) is 0 Å². The number of aliphatic hydroxyl groups excluding tert-OH is 1. The van der Waals surface area contributed by atoms with Gasteiger partial charge >= 0.3 is 5.97 Å². The van der Waals surface area contributed by atoms with Crippen molar-refractivity contribution in [2.24, 2.45) is 0 Å². The predicted molar refractivity (Wildman–Crippen MR) is 50.3 cm³/mol. The smallest absolute Gasteiger partial charge is 0.342 e. The first-order chi connectivity index (χ1) is 6.69. The first kappa shape index (κ1) is 11.0. The number of aromatic nitrogens is 2. The number of carbonyl (C=O) groups is 1. The third kappa shape index (κ3) is 2.46. The van der Waals surface area contributed by atoms with Crippen LogP contribution < -0.4 is 0 Å². The Morgan fingerprint density at radius 1 is 1.79 bits per heavy atom. The number of carbonyl (C=O) groups excluding carboxylic acids is 1. The number of hydrogen-bond donors (Lipinski definition) is 1. The molecule has 1 N–H and O–H groups in total. The van der Waals surface area contributed by atoms with Crippen molar-refractivity contribution < 1.29 is 14.6 Å². The van der Waals surface area contributed by atoms with E-state index in [-0.39, 0.29) is 17.3 Å². The number of esters is 1. The Labute approximate surface area is 86.2 Å². The van der Waals surface area contributed by atoms with Crippen molar-refractivity contribution in [1.82, 2.24) is 9.78 Å². The van der Waals surface area contributed by atoms with Crippen molar-refractivity contribution in [2.75, 3.05) is 13.2 Å². The van der Waals surface area contributed by atoms with Gasteiger partial charge in [-0.15, -0.1) is 0 Å². The van der Waals surface area contributed by atoms with Gasteiger partial charge in [-0.3, -0.25) is 4.68 Å². The number of ether oxygens (including phenoxy) is 1. The minimum absolute atomic E-state index is 0.0553. The molecule has 0 aliphatic carbocycles. The molecule has 1 aromatic heterocycles. The Kier molecular flexibility index (Phi) is 3.91. The van der Waals surface area contributed by atoms with Gasteiger partial charge in [0.05, 0.1) is 19.8 Å². The normalized spacial score (nSPS) is 10.2. The van der Waals surface area contributed by atoms with Crippen LogP contribution in [-0.2, 0) is 11.3 Å². The highest BCUT2D eigenvalue weighted by Gasteiger charge is 2.15. The molecule has 0 radical (unpaired) electrons. The van der Waals surface area contributed by atoms with Crippen LogP contribution in [0.1, 0.15) is 17.3 Å². The van der Waals surface area contributed by atoms with Gasteiger partial charge < -0.3 is 9.84 Å². The van der Waals surface area contributed by atoms with Crippen LogP contribution in [0.4, 0.5) is 0 Å². The molecule has 6 heteroatoms. The van der Waals surface area contributed by atoms with Gasteiger partial charge in [0.15, 0.2) is 5.15 Å². The van der Waals surface area contributed by atoms with Gasteiger partial charge in [0.25, 0.3) is 0 Å². The Hall–Kier alpha value is -1.07. The summed E-state index contributed by atoms with van der Waals surface area (Å²) in [4.78, 5) is 11.3. The molecule has 0 aliphatic rings. The average Bonchev–Trinajstić information content (AvgIpc) is 2.48. The summed E-state index contributed by atoms with van der Waals surface area (Å²) in [6.07, 6.45) is 1.45. The van der Waals surface area contributed by atoms with Crippen molar-refractivity contribution in [3.63, 3.8) is 0 Å². The van der Waals surface area contributed by atoms with Crippen LogP contribution in [0.5, 0.6) is 0 Å². The van der Waals surface area contributed by atoms with Crippen molar-refractivity contribution in [2.45, 2.75) is 13.5 Å². The molecule has 0 amide bonds. The number of nitrogens with zero attached hydrogens (tertiary/aromatic N) is 2. The zero-order valence-corrected chi connectivity index (χ0v) is 8.49. The second-order valence-corrected chi connectivity index (χ2v) is 2.90. The molecule has 0 saturated heterocycles. The maximum atomic E-state index is 11.3. The molecule has 1 heterocycles. The lowest BCUT2D eigenvalue weighted by Crippen LogP contribution is -2.04. The van der Waals surface area contributed by atoms with Crippen LogP contribution in [0.15, 0.2) is 6.20 Å². The molecular weight excluding hydrogens is 208 g/mol. The Morgan fingerprint density at radius 3 is 3.07 bits per heavy atom. The van der Waals surface area contributed by atoms with Gasteiger partial charge in [0, 0.05) is 6.20 Å². The monoisotopic (exact) mass is 218 g/mol. The Morgan fingerprint density at radius 2 is 2.50 bits per heavy atom. The van der Waals surface area contributed by atoms with Gasteiger partial charge in [-0.2, -0.15) is 5.10 Å². The predicted octanol–water partition coefficient (Wildman–Crippen LogP) is 0.706. The lowest BCUT2D eigenvalue weighted by Gasteiger charge is -1.97. The number of aliphatic hydroxyl groups is 1. The summed E-state index contributed by atoms with van der Waals surface area (Å²) in [5.41, 5.74) is 0.224. The van der Waals surface area contributed by atoms with Crippen LogP contribution in [0.2, 0.25) is 5.15 Å². The lowest BCUT2D eigenvalue weighted by molar-refractivity contribution is 0.0526. The summed E-state index contributed by atoms with van der Waals surface area (Å²) in [7, 11) is 0. The summed E-state index contributed by atoms with van der Waals surface area (Å²) < 4.78 is 6.16. The summed E-state index contributed by atoms with van der Waals surface area (Å²) in [5, 5.41) is 12.6. The number of halogens is 1. The van der Waals surface area contributed by atoms with Gasteiger partial charge in [0.1, 0.15) is 5.56 Å². The summed E-state index contributed by atoms with van der Waals surface area (Å²) in [6, 6.07) is 0. The highest BCUT2D eigenvalue weighted by molar-refractivity contribution is 6.32. The fourth-order valence-electron chi connectivity index (χ4n) is 0.961. The molecule has 1 aromatic rings. The molecule has 0 saturated carbocycles. The van der Waals surface area contributed by atoms with Crippen molar-refractivity contribution in [3.8, 4) is 0 Å². The molecule has 0 spiro atoms. The van der Waals surface area contributed by atoms with E-state index in [4.69, 9.17) is 21.4 Å². The minimum Gasteiger partial charge on any atom is -0.462 e. The minimum atomic E-state index is -0.498. The van der Waals surface area contributed by atoms with Crippen molar-refractivity contribution in [1.29, 1.82) is 0 Å². The molecule has 14 heavy (non-hydrogen) atoms. The highest BCUT2D eigenvalue weighted by atomic mass is 35.5. The molecule has 0 fully saturated rings. The summed E-state index contributed by atoms with van der Waals surface area (Å²) >= 11 is 5.70.